The van der Waals surface area contributed by atoms with Crippen LogP contribution < -0.4 is 0 Å². The molecule has 0 aromatic carbocycles. The van der Waals surface area contributed by atoms with E-state index in [4.69, 9.17) is 14.2 Å². The largest absolute Gasteiger partial charge is 0.464 e. The van der Waals surface area contributed by atoms with Crippen LogP contribution in [0.25, 0.3) is 0 Å². The fourth-order valence-corrected chi connectivity index (χ4v) is 1.11. The van der Waals surface area contributed by atoms with Crippen LogP contribution in [0.3, 0.4) is 0 Å². The average molecular weight is 214 g/mol. The predicted octanol–water partition coefficient (Wildman–Crippen LogP) is 0.784. The van der Waals surface area contributed by atoms with Crippen LogP contribution in [0, 0.1) is 0 Å². The van der Waals surface area contributed by atoms with Crippen molar-refractivity contribution in [2.75, 3.05) is 6.61 Å². The quantitative estimate of drug-likeness (QED) is 0.393. The van der Waals surface area contributed by atoms with Gasteiger partial charge in [0.25, 0.3) is 0 Å². The highest BCUT2D eigenvalue weighted by atomic mass is 16.7. The van der Waals surface area contributed by atoms with Gasteiger partial charge in [-0.3, -0.25) is 0 Å². The minimum absolute atomic E-state index is 0.291. The number of carbonyl (C=O) groups excluding carboxylic acids is 2. The second-order valence-electron chi connectivity index (χ2n) is 3.33. The summed E-state index contributed by atoms with van der Waals surface area (Å²) in [5, 5.41) is 0. The van der Waals surface area contributed by atoms with Gasteiger partial charge in [-0.15, -0.1) is 0 Å². The first-order valence-corrected chi connectivity index (χ1v) is 4.69. The highest BCUT2D eigenvalue weighted by Crippen LogP contribution is 2.13. The molecule has 1 rings (SSSR count). The van der Waals surface area contributed by atoms with Crippen LogP contribution in [0.15, 0.2) is 12.2 Å². The van der Waals surface area contributed by atoms with Crippen LogP contribution in [0.1, 0.15) is 20.3 Å². The maximum absolute atomic E-state index is 11.1. The van der Waals surface area contributed by atoms with E-state index in [0.29, 0.717) is 18.6 Å². The lowest BCUT2D eigenvalue weighted by Crippen LogP contribution is -2.27. The Kier molecular flexibility index (Phi) is 3.85. The van der Waals surface area contributed by atoms with E-state index in [-0.39, 0.29) is 0 Å². The molecule has 2 unspecified atom stereocenters. The highest BCUT2D eigenvalue weighted by molar-refractivity contribution is 5.87. The number of hydrogen-bond donors (Lipinski definition) is 0. The molecule has 0 aromatic rings. The van der Waals surface area contributed by atoms with Gasteiger partial charge in [0.1, 0.15) is 0 Å². The molecule has 0 aromatic heterocycles. The summed E-state index contributed by atoms with van der Waals surface area (Å²) in [6.07, 6.45) is -0.906. The lowest BCUT2D eigenvalue weighted by atomic mass is 10.3. The summed E-state index contributed by atoms with van der Waals surface area (Å²) >= 11 is 0. The summed E-state index contributed by atoms with van der Waals surface area (Å²) in [6.45, 7) is 6.87. The van der Waals surface area contributed by atoms with Crippen LogP contribution in [0.5, 0.6) is 0 Å². The molecule has 2 atom stereocenters. The molecule has 1 aliphatic rings. The Balaban J connectivity index is 2.35. The second-order valence-corrected chi connectivity index (χ2v) is 3.33. The molecule has 0 aliphatic carbocycles. The summed E-state index contributed by atoms with van der Waals surface area (Å²) in [5.74, 6) is -0.943. The molecule has 5 nitrogen and oxygen atoms in total. The highest BCUT2D eigenvalue weighted by Gasteiger charge is 2.29. The van der Waals surface area contributed by atoms with Gasteiger partial charge in [0.05, 0.1) is 6.61 Å². The Morgan fingerprint density at radius 3 is 2.80 bits per heavy atom. The second kappa shape index (κ2) is 4.93. The maximum Gasteiger partial charge on any atom is 0.335 e. The fourth-order valence-electron chi connectivity index (χ4n) is 1.11. The Hall–Kier alpha value is -1.36. The molecule has 1 heterocycles. The number of esters is 2. The zero-order chi connectivity index (χ0) is 11.4. The number of cyclic esters (lactones) is 1. The Bertz CT molecular complexity index is 284. The van der Waals surface area contributed by atoms with Crippen LogP contribution in [0.4, 0.5) is 0 Å². The number of ether oxygens (including phenoxy) is 3. The Morgan fingerprint density at radius 1 is 1.67 bits per heavy atom. The molecule has 1 saturated heterocycles. The third kappa shape index (κ3) is 3.36. The summed E-state index contributed by atoms with van der Waals surface area (Å²) in [4.78, 5) is 22.1. The van der Waals surface area contributed by atoms with E-state index in [1.807, 2.05) is 0 Å². The predicted molar refractivity (Wildman–Crippen MR) is 50.8 cm³/mol. The van der Waals surface area contributed by atoms with Crippen molar-refractivity contribution in [1.82, 2.24) is 0 Å². The fraction of sp³-hybridized carbons (Fsp3) is 0.600. The molecule has 0 radical (unpaired) electrons. The molecule has 5 heteroatoms. The van der Waals surface area contributed by atoms with E-state index in [1.165, 1.54) is 0 Å². The molecule has 15 heavy (non-hydrogen) atoms. The number of rotatable bonds is 4. The molecule has 0 amide bonds. The smallest absolute Gasteiger partial charge is 0.335 e. The maximum atomic E-state index is 11.1. The summed E-state index contributed by atoms with van der Waals surface area (Å²) in [5.41, 5.74) is 0.291. The minimum Gasteiger partial charge on any atom is -0.464 e. The lowest BCUT2D eigenvalue weighted by molar-refractivity contribution is -0.185. The molecule has 0 bridgehead atoms. The van der Waals surface area contributed by atoms with Crippen molar-refractivity contribution < 1.29 is 23.8 Å². The molecule has 0 spiro atoms. The average Bonchev–Trinajstić information content (AvgIpc) is 2.51. The van der Waals surface area contributed by atoms with Crippen molar-refractivity contribution in [3.05, 3.63) is 12.2 Å². The molecule has 84 valence electrons. The Morgan fingerprint density at radius 2 is 2.33 bits per heavy atom. The summed E-state index contributed by atoms with van der Waals surface area (Å²) in [6, 6.07) is 0. The molecule has 1 aliphatic heterocycles. The van der Waals surface area contributed by atoms with E-state index in [9.17, 15) is 9.59 Å². The molecule has 1 fully saturated rings. The molecule has 0 N–H and O–H groups in total. The van der Waals surface area contributed by atoms with Gasteiger partial charge >= 0.3 is 11.9 Å². The molecular formula is C10H14O5. The first-order valence-electron chi connectivity index (χ1n) is 4.69. The first kappa shape index (κ1) is 11.7. The van der Waals surface area contributed by atoms with Crippen molar-refractivity contribution in [2.45, 2.75) is 32.7 Å². The van der Waals surface area contributed by atoms with Crippen molar-refractivity contribution in [2.24, 2.45) is 0 Å². The zero-order valence-corrected chi connectivity index (χ0v) is 8.82. The Labute approximate surface area is 88.0 Å². The minimum atomic E-state index is -0.773. The summed E-state index contributed by atoms with van der Waals surface area (Å²) < 4.78 is 14.7. The van der Waals surface area contributed by atoms with Gasteiger partial charge in [0.15, 0.2) is 6.10 Å². The van der Waals surface area contributed by atoms with Crippen LogP contribution in [0.2, 0.25) is 0 Å². The third-order valence-electron chi connectivity index (χ3n) is 1.86. The van der Waals surface area contributed by atoms with Gasteiger partial charge in [-0.2, -0.15) is 0 Å². The van der Waals surface area contributed by atoms with E-state index < -0.39 is 24.3 Å². The normalized spacial score (nSPS) is 22.0. The molecular weight excluding hydrogens is 200 g/mol. The van der Waals surface area contributed by atoms with Gasteiger partial charge in [-0.1, -0.05) is 6.58 Å². The first-order chi connectivity index (χ1) is 7.00. The molecule has 0 saturated carbocycles. The monoisotopic (exact) mass is 214 g/mol. The zero-order valence-electron chi connectivity index (χ0n) is 8.82. The van der Waals surface area contributed by atoms with Crippen LogP contribution in [-0.2, 0) is 23.8 Å². The van der Waals surface area contributed by atoms with Crippen molar-refractivity contribution in [3.8, 4) is 0 Å². The van der Waals surface area contributed by atoms with Crippen molar-refractivity contribution in [3.63, 3.8) is 0 Å². The van der Waals surface area contributed by atoms with Crippen molar-refractivity contribution in [1.29, 1.82) is 0 Å². The van der Waals surface area contributed by atoms with Gasteiger partial charge in [0, 0.05) is 12.0 Å². The van der Waals surface area contributed by atoms with Gasteiger partial charge < -0.3 is 14.2 Å². The van der Waals surface area contributed by atoms with Crippen LogP contribution in [-0.4, -0.2) is 30.9 Å². The van der Waals surface area contributed by atoms with Gasteiger partial charge in [0.2, 0.25) is 6.29 Å². The van der Waals surface area contributed by atoms with Crippen LogP contribution >= 0.6 is 0 Å². The third-order valence-corrected chi connectivity index (χ3v) is 1.86. The number of hydrogen-bond acceptors (Lipinski definition) is 5. The van der Waals surface area contributed by atoms with Crippen molar-refractivity contribution >= 4 is 11.9 Å². The van der Waals surface area contributed by atoms with Gasteiger partial charge in [-0.25, -0.2) is 9.59 Å². The van der Waals surface area contributed by atoms with E-state index in [2.05, 4.69) is 6.58 Å². The topological polar surface area (TPSA) is 61.8 Å². The number of carbonyl (C=O) groups is 2. The van der Waals surface area contributed by atoms with E-state index in [0.717, 1.165) is 0 Å². The van der Waals surface area contributed by atoms with E-state index >= 15 is 0 Å². The standard InChI is InChI=1S/C10H14O5/c1-6(2)9(11)15-7(3)14-8-4-5-13-10(8)12/h7-8H,1,4-5H2,2-3H3. The SMILES string of the molecule is C=C(C)C(=O)OC(C)OC1CCOC1=O. The lowest BCUT2D eigenvalue weighted by Gasteiger charge is -2.16. The van der Waals surface area contributed by atoms with Gasteiger partial charge in [-0.05, 0) is 13.8 Å². The summed E-state index contributed by atoms with van der Waals surface area (Å²) in [7, 11) is 0. The van der Waals surface area contributed by atoms with E-state index in [1.54, 1.807) is 13.8 Å².